The van der Waals surface area contributed by atoms with Gasteiger partial charge in [0, 0.05) is 18.2 Å². The zero-order valence-corrected chi connectivity index (χ0v) is 19.2. The molecule has 4 heteroatoms. The maximum Gasteiger partial charge on any atom is 0.531 e. The summed E-state index contributed by atoms with van der Waals surface area (Å²) in [5, 5.41) is 0.0181. The van der Waals surface area contributed by atoms with Crippen molar-refractivity contribution < 1.29 is 14.1 Å². The number of carbonyl (C=O) groups excluding carboxylic acids is 1. The number of carbonyl (C=O) groups is 1. The summed E-state index contributed by atoms with van der Waals surface area (Å²) in [6.45, 7) is 12.3. The van der Waals surface area contributed by atoms with Gasteiger partial charge in [-0.3, -0.25) is 4.79 Å². The molecule has 5 rings (SSSR count). The highest BCUT2D eigenvalue weighted by Crippen LogP contribution is 2.67. The molecule has 0 aromatic rings. The summed E-state index contributed by atoms with van der Waals surface area (Å²) >= 11 is 0. The molecule has 0 aromatic carbocycles. The lowest BCUT2D eigenvalue weighted by molar-refractivity contribution is -0.136. The molecule has 5 aliphatic rings. The van der Waals surface area contributed by atoms with Gasteiger partial charge in [0.05, 0.1) is 6.61 Å². The zero-order chi connectivity index (χ0) is 20.6. The normalized spacial score (nSPS) is 47.5. The highest BCUT2D eigenvalue weighted by Gasteiger charge is 2.60. The Morgan fingerprint density at radius 2 is 1.79 bits per heavy atom. The summed E-state index contributed by atoms with van der Waals surface area (Å²) < 4.78 is 12.5. The fourth-order valence-electron chi connectivity index (χ4n) is 8.25. The third-order valence-corrected chi connectivity index (χ3v) is 9.92. The van der Waals surface area contributed by atoms with E-state index >= 15 is 0 Å². The van der Waals surface area contributed by atoms with Crippen LogP contribution < -0.4 is 0 Å². The van der Waals surface area contributed by atoms with Crippen molar-refractivity contribution in [3.05, 3.63) is 11.3 Å². The SMILES string of the molecule is CC(C)(C)B1OC/C(=C2/CC[C@H]3[C@@H]4CC[C@H]5CC(=O)CC[C@]5(C)[C@H]4CC[C@]23C)O1. The molecule has 1 aliphatic heterocycles. The van der Waals surface area contributed by atoms with E-state index in [2.05, 4.69) is 34.6 Å². The Hall–Kier alpha value is -0.765. The average molecular weight is 398 g/mol. The van der Waals surface area contributed by atoms with Crippen LogP contribution >= 0.6 is 0 Å². The molecule has 0 amide bonds. The van der Waals surface area contributed by atoms with Gasteiger partial charge in [0.1, 0.15) is 11.5 Å². The second kappa shape index (κ2) is 6.61. The first kappa shape index (κ1) is 20.2. The van der Waals surface area contributed by atoms with E-state index in [0.717, 1.165) is 42.8 Å². The lowest BCUT2D eigenvalue weighted by atomic mass is 9.45. The van der Waals surface area contributed by atoms with Crippen LogP contribution in [-0.4, -0.2) is 19.5 Å². The number of rotatable bonds is 0. The van der Waals surface area contributed by atoms with E-state index in [1.807, 2.05) is 0 Å². The molecule has 0 bridgehead atoms. The van der Waals surface area contributed by atoms with Crippen molar-refractivity contribution >= 4 is 12.9 Å². The van der Waals surface area contributed by atoms with Gasteiger partial charge in [0.25, 0.3) is 0 Å². The molecule has 1 heterocycles. The summed E-state index contributed by atoms with van der Waals surface area (Å²) in [5.41, 5.74) is 2.28. The maximum absolute atomic E-state index is 12.1. The van der Waals surface area contributed by atoms with Gasteiger partial charge in [-0.05, 0) is 85.0 Å². The first-order valence-electron chi connectivity index (χ1n) is 12.2. The van der Waals surface area contributed by atoms with Crippen LogP contribution in [0.15, 0.2) is 11.3 Å². The Kier molecular flexibility index (Phi) is 4.60. The zero-order valence-electron chi connectivity index (χ0n) is 19.2. The molecular weight excluding hydrogens is 359 g/mol. The van der Waals surface area contributed by atoms with Crippen LogP contribution in [0.3, 0.4) is 0 Å². The van der Waals surface area contributed by atoms with Gasteiger partial charge in [-0.15, -0.1) is 0 Å². The monoisotopic (exact) mass is 398 g/mol. The second-order valence-electron chi connectivity index (χ2n) is 12.4. The Bertz CT molecular complexity index is 737. The molecule has 0 unspecified atom stereocenters. The van der Waals surface area contributed by atoms with E-state index in [4.69, 9.17) is 9.31 Å². The first-order valence-corrected chi connectivity index (χ1v) is 12.2. The standard InChI is InChI=1S/C25H39BO3/c1-23(2,3)26-28-15-22(29-26)21-9-8-19-18-7-6-16-14-17(27)10-12-24(16,4)20(18)11-13-25(19,21)5/h16,18-20H,6-15H2,1-5H3/b22-21+/t16-,18-,19-,20-,24-,25-/m0/s1. The van der Waals surface area contributed by atoms with Crippen molar-refractivity contribution in [2.45, 2.75) is 97.7 Å². The van der Waals surface area contributed by atoms with Gasteiger partial charge in [-0.1, -0.05) is 34.6 Å². The second-order valence-corrected chi connectivity index (χ2v) is 12.4. The predicted molar refractivity (Wildman–Crippen MR) is 116 cm³/mol. The molecule has 29 heavy (non-hydrogen) atoms. The van der Waals surface area contributed by atoms with Crippen LogP contribution in [0.25, 0.3) is 0 Å². The van der Waals surface area contributed by atoms with Crippen LogP contribution in [-0.2, 0) is 14.1 Å². The number of ketones is 1. The van der Waals surface area contributed by atoms with Gasteiger partial charge in [-0.25, -0.2) is 0 Å². The van der Waals surface area contributed by atoms with E-state index in [0.29, 0.717) is 29.1 Å². The third kappa shape index (κ3) is 2.98. The Labute approximate surface area is 177 Å². The molecule has 5 fully saturated rings. The smallest absolute Gasteiger partial charge is 0.531 e. The fourth-order valence-corrected chi connectivity index (χ4v) is 8.25. The van der Waals surface area contributed by atoms with E-state index in [1.165, 1.54) is 38.5 Å². The quantitative estimate of drug-likeness (QED) is 0.457. The molecule has 3 nitrogen and oxygen atoms in total. The van der Waals surface area contributed by atoms with E-state index in [1.54, 1.807) is 5.57 Å². The van der Waals surface area contributed by atoms with Gasteiger partial charge in [0.15, 0.2) is 0 Å². The summed E-state index contributed by atoms with van der Waals surface area (Å²) in [6, 6.07) is 0. The topological polar surface area (TPSA) is 35.5 Å². The Morgan fingerprint density at radius 1 is 1.00 bits per heavy atom. The maximum atomic E-state index is 12.1. The van der Waals surface area contributed by atoms with Crippen molar-refractivity contribution in [3.63, 3.8) is 0 Å². The van der Waals surface area contributed by atoms with Crippen molar-refractivity contribution in [2.24, 2.45) is 34.5 Å². The minimum absolute atomic E-state index is 0.0181. The molecular formula is C25H39BO3. The lowest BCUT2D eigenvalue weighted by Crippen LogP contribution is -2.53. The number of Topliss-reactive ketones (excluding diaryl/α,β-unsaturated/α-hetero) is 1. The van der Waals surface area contributed by atoms with Gasteiger partial charge in [0.2, 0.25) is 0 Å². The van der Waals surface area contributed by atoms with Crippen LogP contribution in [0, 0.1) is 34.5 Å². The lowest BCUT2D eigenvalue weighted by Gasteiger charge is -2.59. The number of hydrogen-bond donors (Lipinski definition) is 0. The number of allylic oxidation sites excluding steroid dienone is 1. The van der Waals surface area contributed by atoms with E-state index in [9.17, 15) is 4.79 Å². The van der Waals surface area contributed by atoms with Crippen LogP contribution in [0.1, 0.15) is 92.4 Å². The summed E-state index contributed by atoms with van der Waals surface area (Å²) in [7, 11) is -0.113. The van der Waals surface area contributed by atoms with Crippen LogP contribution in [0.2, 0.25) is 5.31 Å². The molecule has 0 radical (unpaired) electrons. The van der Waals surface area contributed by atoms with E-state index < -0.39 is 0 Å². The molecule has 6 atom stereocenters. The van der Waals surface area contributed by atoms with Gasteiger partial charge < -0.3 is 9.31 Å². The minimum atomic E-state index is -0.113. The fraction of sp³-hybridized carbons (Fsp3) is 0.880. The number of fused-ring (bicyclic) bond motifs is 5. The minimum Gasteiger partial charge on any atom is -0.537 e. The van der Waals surface area contributed by atoms with Crippen molar-refractivity contribution in [1.82, 2.24) is 0 Å². The van der Waals surface area contributed by atoms with Gasteiger partial charge in [-0.2, -0.15) is 0 Å². The van der Waals surface area contributed by atoms with Crippen LogP contribution in [0.5, 0.6) is 0 Å². The van der Waals surface area contributed by atoms with Crippen molar-refractivity contribution in [3.8, 4) is 0 Å². The molecule has 4 aliphatic carbocycles. The summed E-state index contributed by atoms with van der Waals surface area (Å²) in [4.78, 5) is 12.1. The summed E-state index contributed by atoms with van der Waals surface area (Å²) in [6.07, 6.45) is 10.6. The molecule has 0 aromatic heterocycles. The van der Waals surface area contributed by atoms with Crippen molar-refractivity contribution in [1.29, 1.82) is 0 Å². The van der Waals surface area contributed by atoms with E-state index in [-0.39, 0.29) is 12.4 Å². The average Bonchev–Trinajstić information content (AvgIpc) is 3.26. The number of hydrogen-bond acceptors (Lipinski definition) is 3. The predicted octanol–water partition coefficient (Wildman–Crippen LogP) is 6.19. The first-order chi connectivity index (χ1) is 13.6. The molecule has 0 N–H and O–H groups in total. The van der Waals surface area contributed by atoms with Gasteiger partial charge >= 0.3 is 7.12 Å². The summed E-state index contributed by atoms with van der Waals surface area (Å²) in [5.74, 6) is 4.77. The molecule has 0 spiro atoms. The van der Waals surface area contributed by atoms with Crippen LogP contribution in [0.4, 0.5) is 0 Å². The highest BCUT2D eigenvalue weighted by atomic mass is 16.6. The highest BCUT2D eigenvalue weighted by molar-refractivity contribution is 6.49. The van der Waals surface area contributed by atoms with Crippen molar-refractivity contribution in [2.75, 3.05) is 6.61 Å². The Balaban J connectivity index is 1.41. The molecule has 4 saturated carbocycles. The Morgan fingerprint density at radius 3 is 2.52 bits per heavy atom. The third-order valence-electron chi connectivity index (χ3n) is 9.92. The molecule has 1 saturated heterocycles. The largest absolute Gasteiger partial charge is 0.537 e. The molecule has 160 valence electrons.